The lowest BCUT2D eigenvalue weighted by Crippen LogP contribution is -2.66. The van der Waals surface area contributed by atoms with Crippen LogP contribution in [0.3, 0.4) is 0 Å². The van der Waals surface area contributed by atoms with Gasteiger partial charge in [-0.05, 0) is 89.9 Å². The molecule has 0 aromatic heterocycles. The average Bonchev–Trinajstić information content (AvgIpc) is 0.779. The minimum atomic E-state index is -1.98. The molecule has 1 amide bonds. The molecule has 3 heterocycles. The summed E-state index contributed by atoms with van der Waals surface area (Å²) < 4.78 is 34.5. The molecule has 19 heteroatoms. The average molecular weight is 1620 g/mol. The molecule has 12 N–H and O–H groups in total. The van der Waals surface area contributed by atoms with Crippen LogP contribution in [0.4, 0.5) is 0 Å². The molecule has 0 bridgehead atoms. The Labute approximate surface area is 697 Å². The Morgan fingerprint density at radius 3 is 0.939 bits per heavy atom. The van der Waals surface area contributed by atoms with Crippen LogP contribution in [0.15, 0.2) is 122 Å². The van der Waals surface area contributed by atoms with Crippen LogP contribution in [-0.2, 0) is 33.2 Å². The second-order valence-electron chi connectivity index (χ2n) is 32.4. The summed E-state index contributed by atoms with van der Waals surface area (Å²) in [5.74, 6) is -0.279. The summed E-state index contributed by atoms with van der Waals surface area (Å²) in [6.07, 6.45) is 79.1. The fourth-order valence-corrected chi connectivity index (χ4v) is 15.0. The first-order valence-electron chi connectivity index (χ1n) is 46.3. The highest BCUT2D eigenvalue weighted by Gasteiger charge is 2.54. The molecule has 0 aliphatic carbocycles. The maximum absolute atomic E-state index is 13.5. The number of amides is 1. The predicted octanol–water partition coefficient (Wildman–Crippen LogP) is 18.2. The van der Waals surface area contributed by atoms with E-state index in [1.165, 1.54) is 205 Å². The minimum absolute atomic E-state index is 0.233. The van der Waals surface area contributed by atoms with Crippen molar-refractivity contribution < 1.29 is 89.4 Å². The van der Waals surface area contributed by atoms with E-state index in [1.807, 2.05) is 6.08 Å². The fourth-order valence-electron chi connectivity index (χ4n) is 15.0. The van der Waals surface area contributed by atoms with Gasteiger partial charge in [-0.3, -0.25) is 4.79 Å². The monoisotopic (exact) mass is 1620 g/mol. The molecule has 3 rings (SSSR count). The lowest BCUT2D eigenvalue weighted by Gasteiger charge is -2.48. The molecule has 3 saturated heterocycles. The Kier molecular flexibility index (Phi) is 67.9. The summed E-state index contributed by atoms with van der Waals surface area (Å²) in [6, 6.07) is -0.985. The van der Waals surface area contributed by atoms with E-state index in [0.29, 0.717) is 6.42 Å². The zero-order chi connectivity index (χ0) is 83.1. The van der Waals surface area contributed by atoms with E-state index in [1.54, 1.807) is 6.08 Å². The van der Waals surface area contributed by atoms with Crippen molar-refractivity contribution >= 4 is 5.91 Å². The van der Waals surface area contributed by atoms with E-state index in [-0.39, 0.29) is 18.9 Å². The van der Waals surface area contributed by atoms with E-state index in [9.17, 15) is 61.0 Å². The van der Waals surface area contributed by atoms with Crippen molar-refractivity contribution in [1.29, 1.82) is 0 Å². The SMILES string of the molecule is CC/C=C\C/C=C\C/C=C\C/C=C\C/C=C\C/C=C\C/C=C\C/C=C\C/C=C\CCCCCCCCCCCCCC(=O)NC(COC1OC(CO)C(OC2OC(CO)C(OC3OC(CO)C(O)C(O)C3O)C(O)C2O)C(O)C1O)C(O)/C=C/CCCCCCCCCCCCCCCCCCCCCCCCCCCCCCC. The Hall–Kier alpha value is -3.81. The maximum Gasteiger partial charge on any atom is 0.220 e. The number of allylic oxidation sites excluding steroid dienone is 19. The number of hydrogen-bond acceptors (Lipinski definition) is 18. The number of hydrogen-bond donors (Lipinski definition) is 12. The van der Waals surface area contributed by atoms with E-state index in [4.69, 9.17) is 28.4 Å². The van der Waals surface area contributed by atoms with Crippen molar-refractivity contribution in [2.24, 2.45) is 0 Å². The zero-order valence-electron chi connectivity index (χ0n) is 71.7. The molecule has 3 aliphatic rings. The van der Waals surface area contributed by atoms with Gasteiger partial charge in [0.25, 0.3) is 0 Å². The van der Waals surface area contributed by atoms with Crippen molar-refractivity contribution in [1.82, 2.24) is 5.32 Å². The molecule has 19 nitrogen and oxygen atoms in total. The van der Waals surface area contributed by atoms with Gasteiger partial charge in [-0.1, -0.05) is 373 Å². The Morgan fingerprint density at radius 1 is 0.322 bits per heavy atom. The molecule has 0 radical (unpaired) electrons. The van der Waals surface area contributed by atoms with Crippen molar-refractivity contribution in [3.05, 3.63) is 122 Å². The molecule has 0 aromatic carbocycles. The molecule has 17 unspecified atom stereocenters. The third kappa shape index (κ3) is 52.2. The van der Waals surface area contributed by atoms with Crippen LogP contribution in [0.25, 0.3) is 0 Å². The quantitative estimate of drug-likeness (QED) is 0.0199. The lowest BCUT2D eigenvalue weighted by atomic mass is 9.96. The van der Waals surface area contributed by atoms with Gasteiger partial charge in [0.05, 0.1) is 38.6 Å². The molecule has 115 heavy (non-hydrogen) atoms. The van der Waals surface area contributed by atoms with Gasteiger partial charge < -0.3 is 89.9 Å². The highest BCUT2D eigenvalue weighted by atomic mass is 16.8. The van der Waals surface area contributed by atoms with Gasteiger partial charge in [-0.15, -0.1) is 0 Å². The first kappa shape index (κ1) is 105. The standard InChI is InChI=1S/C96H167NO18/c1-3-5-7-9-11-13-15-17-19-21-23-25-27-29-31-33-35-36-37-38-39-40-41-42-44-46-48-50-52-54-56-58-60-62-64-66-68-70-72-74-84(102)97-79(80(101)73-71-69-67-65-63-61-59-57-55-53-51-49-47-45-43-34-32-30-28-26-24-22-20-18-16-14-12-10-8-6-4-2)78-110-94-90(108)87(105)92(82(76-99)112-94)115-96-91(109)88(106)93(83(77-100)113-96)114-95-89(107)86(104)85(103)81(75-98)111-95/h5,7,11,13,17,19,23,25,29,31,35-36,38-39,41-42,46,48,71,73,79-83,85-96,98-101,103-109H,3-4,6,8-10,12,14-16,18,20-22,24,26-28,30,32-34,37,40,43-45,47,49-70,72,74-78H2,1-2H3,(H,97,102)/b7-5-,13-11-,19-17-,25-23-,31-29-,36-35-,39-38-,42-41-,48-46-,73-71+. The first-order valence-corrected chi connectivity index (χ1v) is 46.3. The van der Waals surface area contributed by atoms with Crippen LogP contribution < -0.4 is 5.32 Å². The summed E-state index contributed by atoms with van der Waals surface area (Å²) in [7, 11) is 0. The highest BCUT2D eigenvalue weighted by molar-refractivity contribution is 5.76. The van der Waals surface area contributed by atoms with Crippen molar-refractivity contribution in [3.63, 3.8) is 0 Å². The Bertz CT molecular complexity index is 2550. The number of carbonyl (C=O) groups is 1. The van der Waals surface area contributed by atoms with Crippen molar-refractivity contribution in [3.8, 4) is 0 Å². The summed E-state index contributed by atoms with van der Waals surface area (Å²) in [5.41, 5.74) is 0. The zero-order valence-corrected chi connectivity index (χ0v) is 71.7. The molecule has 3 fully saturated rings. The smallest absolute Gasteiger partial charge is 0.220 e. The van der Waals surface area contributed by atoms with Crippen LogP contribution in [-0.4, -0.2) is 193 Å². The summed E-state index contributed by atoms with van der Waals surface area (Å²) in [6.45, 7) is 1.66. The van der Waals surface area contributed by atoms with Crippen LogP contribution in [0.1, 0.15) is 348 Å². The van der Waals surface area contributed by atoms with Crippen LogP contribution >= 0.6 is 0 Å². The number of aliphatic hydroxyl groups excluding tert-OH is 11. The molecular formula is C96H167NO18. The van der Waals surface area contributed by atoms with Crippen molar-refractivity contribution in [2.45, 2.75) is 452 Å². The summed E-state index contributed by atoms with van der Waals surface area (Å²) in [4.78, 5) is 13.5. The molecular weight excluding hydrogens is 1460 g/mol. The van der Waals surface area contributed by atoms with E-state index < -0.39 is 124 Å². The largest absolute Gasteiger partial charge is 0.394 e. The highest BCUT2D eigenvalue weighted by Crippen LogP contribution is 2.34. The van der Waals surface area contributed by atoms with Crippen LogP contribution in [0, 0.1) is 0 Å². The van der Waals surface area contributed by atoms with E-state index in [2.05, 4.69) is 129 Å². The number of rotatable bonds is 74. The van der Waals surface area contributed by atoms with E-state index >= 15 is 0 Å². The van der Waals surface area contributed by atoms with Gasteiger partial charge >= 0.3 is 0 Å². The van der Waals surface area contributed by atoms with Gasteiger partial charge in [-0.2, -0.15) is 0 Å². The topological polar surface area (TPSA) is 307 Å². The second kappa shape index (κ2) is 74.1. The number of carbonyl (C=O) groups excluding carboxylic acids is 1. The van der Waals surface area contributed by atoms with Crippen LogP contribution in [0.2, 0.25) is 0 Å². The third-order valence-corrected chi connectivity index (χ3v) is 22.3. The third-order valence-electron chi connectivity index (χ3n) is 22.3. The maximum atomic E-state index is 13.5. The molecule has 17 atom stereocenters. The van der Waals surface area contributed by atoms with Gasteiger partial charge in [0.15, 0.2) is 18.9 Å². The summed E-state index contributed by atoms with van der Waals surface area (Å²) >= 11 is 0. The number of nitrogens with one attached hydrogen (secondary N) is 1. The lowest BCUT2D eigenvalue weighted by molar-refractivity contribution is -0.379. The van der Waals surface area contributed by atoms with Crippen LogP contribution in [0.5, 0.6) is 0 Å². The summed E-state index contributed by atoms with van der Waals surface area (Å²) in [5, 5.41) is 121. The number of ether oxygens (including phenoxy) is 6. The molecule has 664 valence electrons. The minimum Gasteiger partial charge on any atom is -0.394 e. The van der Waals surface area contributed by atoms with Gasteiger partial charge in [0, 0.05) is 6.42 Å². The number of aliphatic hydroxyl groups is 11. The number of unbranched alkanes of at least 4 members (excludes halogenated alkanes) is 40. The molecule has 0 aromatic rings. The molecule has 0 spiro atoms. The first-order chi connectivity index (χ1) is 56.3. The molecule has 3 aliphatic heterocycles. The van der Waals surface area contributed by atoms with Gasteiger partial charge in [-0.25, -0.2) is 0 Å². The predicted molar refractivity (Wildman–Crippen MR) is 466 cm³/mol. The molecule has 0 saturated carbocycles. The Balaban J connectivity index is 1.33. The Morgan fingerprint density at radius 2 is 0.600 bits per heavy atom. The van der Waals surface area contributed by atoms with E-state index in [0.717, 1.165) is 116 Å². The normalized spacial score (nSPS) is 25.2. The fraction of sp³-hybridized carbons (Fsp3) is 0.781. The second-order valence-corrected chi connectivity index (χ2v) is 32.4. The van der Waals surface area contributed by atoms with Crippen molar-refractivity contribution in [2.75, 3.05) is 26.4 Å². The van der Waals surface area contributed by atoms with Gasteiger partial charge in [0.1, 0.15) is 73.2 Å². The van der Waals surface area contributed by atoms with Gasteiger partial charge in [0.2, 0.25) is 5.91 Å².